The summed E-state index contributed by atoms with van der Waals surface area (Å²) in [5.41, 5.74) is 6.69. The molecule has 0 saturated carbocycles. The van der Waals surface area contributed by atoms with Gasteiger partial charge in [0.2, 0.25) is 0 Å². The Kier molecular flexibility index (Phi) is 3.49. The number of nitrogens with zero attached hydrogens (tertiary/aromatic N) is 2. The summed E-state index contributed by atoms with van der Waals surface area (Å²) >= 11 is 0. The van der Waals surface area contributed by atoms with Crippen LogP contribution in [0.3, 0.4) is 0 Å². The molecule has 2 aliphatic heterocycles. The molecule has 23 heavy (non-hydrogen) atoms. The first-order valence-electron chi connectivity index (χ1n) is 8.27. The third kappa shape index (κ3) is 2.46. The van der Waals surface area contributed by atoms with Crippen LogP contribution in [0.5, 0.6) is 0 Å². The van der Waals surface area contributed by atoms with Crippen molar-refractivity contribution < 1.29 is 4.79 Å². The highest BCUT2D eigenvalue weighted by Crippen LogP contribution is 2.30. The van der Waals surface area contributed by atoms with E-state index in [2.05, 4.69) is 30.1 Å². The summed E-state index contributed by atoms with van der Waals surface area (Å²) in [6, 6.07) is 12.4. The molecular formula is C20H20N2O. The van der Waals surface area contributed by atoms with Crippen LogP contribution in [0.25, 0.3) is 0 Å². The van der Waals surface area contributed by atoms with Crippen molar-refractivity contribution in [2.75, 3.05) is 18.0 Å². The predicted molar refractivity (Wildman–Crippen MR) is 93.8 cm³/mol. The van der Waals surface area contributed by atoms with Crippen molar-refractivity contribution in [1.82, 2.24) is 0 Å². The number of amides is 1. The Morgan fingerprint density at radius 1 is 1.17 bits per heavy atom. The fraction of sp³-hybridized carbons (Fsp3) is 0.300. The van der Waals surface area contributed by atoms with Crippen molar-refractivity contribution in [3.63, 3.8) is 0 Å². The molecule has 3 heteroatoms. The summed E-state index contributed by atoms with van der Waals surface area (Å²) in [6.45, 7) is 3.67. The average Bonchev–Trinajstić information content (AvgIpc) is 2.60. The van der Waals surface area contributed by atoms with Crippen molar-refractivity contribution in [2.24, 2.45) is 4.99 Å². The number of fused-ring (bicyclic) bond motifs is 2. The molecule has 2 aliphatic rings. The van der Waals surface area contributed by atoms with Crippen LogP contribution < -0.4 is 4.90 Å². The lowest BCUT2D eigenvalue weighted by atomic mass is 9.94. The third-order valence-electron chi connectivity index (χ3n) is 4.76. The largest absolute Gasteiger partial charge is 0.308 e. The van der Waals surface area contributed by atoms with E-state index in [1.165, 1.54) is 11.1 Å². The minimum atomic E-state index is 0.127. The maximum absolute atomic E-state index is 13.2. The van der Waals surface area contributed by atoms with E-state index in [1.54, 1.807) is 0 Å². The molecule has 116 valence electrons. The minimum absolute atomic E-state index is 0.127. The monoisotopic (exact) mass is 304 g/mol. The van der Waals surface area contributed by atoms with Crippen LogP contribution in [0, 0.1) is 6.92 Å². The maximum atomic E-state index is 13.2. The molecule has 0 aliphatic carbocycles. The van der Waals surface area contributed by atoms with Crippen LogP contribution in [0.1, 0.15) is 39.0 Å². The Bertz CT molecular complexity index is 807. The van der Waals surface area contributed by atoms with Gasteiger partial charge in [-0.05, 0) is 55.0 Å². The summed E-state index contributed by atoms with van der Waals surface area (Å²) in [5, 5.41) is 0. The normalized spacial score (nSPS) is 16.0. The molecule has 0 spiro atoms. The number of benzene rings is 2. The number of anilines is 1. The lowest BCUT2D eigenvalue weighted by Crippen LogP contribution is -2.36. The summed E-state index contributed by atoms with van der Waals surface area (Å²) in [6.07, 6.45) is 4.82. The highest BCUT2D eigenvalue weighted by Gasteiger charge is 2.26. The molecule has 0 bridgehead atoms. The molecular weight excluding hydrogens is 284 g/mol. The molecule has 0 radical (unpaired) electrons. The Balaban J connectivity index is 1.76. The van der Waals surface area contributed by atoms with Crippen molar-refractivity contribution >= 4 is 17.8 Å². The standard InChI is InChI=1S/C20H20N2O/c1-14-7-8-19-15(12-14)5-3-11-22(19)20(23)18-6-2-4-16-13-21-10-9-17(16)18/h2,4,6-8,12-13H,3,5,9-11H2,1H3. The number of aliphatic imine (C=N–C) groups is 1. The third-order valence-corrected chi connectivity index (χ3v) is 4.76. The first-order chi connectivity index (χ1) is 11.2. The number of carbonyl (C=O) groups excluding carboxylic acids is 1. The van der Waals surface area contributed by atoms with Gasteiger partial charge < -0.3 is 4.90 Å². The zero-order valence-corrected chi connectivity index (χ0v) is 13.4. The van der Waals surface area contributed by atoms with E-state index in [4.69, 9.17) is 0 Å². The van der Waals surface area contributed by atoms with E-state index < -0.39 is 0 Å². The van der Waals surface area contributed by atoms with E-state index in [1.807, 2.05) is 29.3 Å². The zero-order valence-electron chi connectivity index (χ0n) is 13.4. The van der Waals surface area contributed by atoms with Crippen LogP contribution in [0.4, 0.5) is 5.69 Å². The Morgan fingerprint density at radius 2 is 2.09 bits per heavy atom. The van der Waals surface area contributed by atoms with Gasteiger partial charge in [0, 0.05) is 30.6 Å². The van der Waals surface area contributed by atoms with Gasteiger partial charge in [-0.25, -0.2) is 0 Å². The molecule has 2 heterocycles. The number of rotatable bonds is 1. The fourth-order valence-corrected chi connectivity index (χ4v) is 3.63. The predicted octanol–water partition coefficient (Wildman–Crippen LogP) is 3.56. The molecule has 3 nitrogen and oxygen atoms in total. The van der Waals surface area contributed by atoms with Gasteiger partial charge in [0.15, 0.2) is 0 Å². The van der Waals surface area contributed by atoms with E-state index in [0.717, 1.165) is 54.7 Å². The Hall–Kier alpha value is -2.42. The molecule has 0 unspecified atom stereocenters. The fourth-order valence-electron chi connectivity index (χ4n) is 3.63. The molecule has 0 fully saturated rings. The van der Waals surface area contributed by atoms with Gasteiger partial charge in [-0.15, -0.1) is 0 Å². The first-order valence-corrected chi connectivity index (χ1v) is 8.27. The summed E-state index contributed by atoms with van der Waals surface area (Å²) in [7, 11) is 0. The lowest BCUT2D eigenvalue weighted by Gasteiger charge is -2.31. The van der Waals surface area contributed by atoms with Crippen LogP contribution in [-0.4, -0.2) is 25.2 Å². The lowest BCUT2D eigenvalue weighted by molar-refractivity contribution is 0.0984. The molecule has 4 rings (SSSR count). The van der Waals surface area contributed by atoms with Crippen LogP contribution in [0.2, 0.25) is 0 Å². The van der Waals surface area contributed by atoms with Gasteiger partial charge in [0.1, 0.15) is 0 Å². The molecule has 0 aromatic heterocycles. The summed E-state index contributed by atoms with van der Waals surface area (Å²) in [5.74, 6) is 0.127. The van der Waals surface area contributed by atoms with Gasteiger partial charge in [-0.3, -0.25) is 9.79 Å². The molecule has 1 amide bonds. The van der Waals surface area contributed by atoms with Gasteiger partial charge in [-0.1, -0.05) is 29.8 Å². The zero-order chi connectivity index (χ0) is 15.8. The van der Waals surface area contributed by atoms with E-state index in [-0.39, 0.29) is 5.91 Å². The molecule has 2 aromatic rings. The minimum Gasteiger partial charge on any atom is -0.308 e. The Morgan fingerprint density at radius 3 is 3.00 bits per heavy atom. The first kappa shape index (κ1) is 14.2. The van der Waals surface area contributed by atoms with Gasteiger partial charge >= 0.3 is 0 Å². The SMILES string of the molecule is Cc1ccc2c(c1)CCCN2C(=O)c1cccc2c1CCN=C2. The maximum Gasteiger partial charge on any atom is 0.258 e. The van der Waals surface area contributed by atoms with E-state index in [0.29, 0.717) is 0 Å². The van der Waals surface area contributed by atoms with E-state index in [9.17, 15) is 4.79 Å². The number of hydrogen-bond acceptors (Lipinski definition) is 2. The second kappa shape index (κ2) is 5.65. The van der Waals surface area contributed by atoms with Crippen molar-refractivity contribution in [1.29, 1.82) is 0 Å². The second-order valence-corrected chi connectivity index (χ2v) is 6.35. The summed E-state index contributed by atoms with van der Waals surface area (Å²) < 4.78 is 0. The number of carbonyl (C=O) groups is 1. The van der Waals surface area contributed by atoms with Crippen molar-refractivity contribution in [2.45, 2.75) is 26.2 Å². The van der Waals surface area contributed by atoms with Gasteiger partial charge in [0.05, 0.1) is 0 Å². The van der Waals surface area contributed by atoms with Crippen molar-refractivity contribution in [3.05, 3.63) is 64.2 Å². The van der Waals surface area contributed by atoms with Crippen LogP contribution >= 0.6 is 0 Å². The number of hydrogen-bond donors (Lipinski definition) is 0. The van der Waals surface area contributed by atoms with Gasteiger partial charge in [-0.2, -0.15) is 0 Å². The van der Waals surface area contributed by atoms with Crippen LogP contribution in [0.15, 0.2) is 41.4 Å². The van der Waals surface area contributed by atoms with Gasteiger partial charge in [0.25, 0.3) is 5.91 Å². The topological polar surface area (TPSA) is 32.7 Å². The Labute approximate surface area is 136 Å². The highest BCUT2D eigenvalue weighted by atomic mass is 16.2. The number of aryl methyl sites for hydroxylation is 2. The summed E-state index contributed by atoms with van der Waals surface area (Å²) in [4.78, 5) is 19.5. The highest BCUT2D eigenvalue weighted by molar-refractivity contribution is 6.09. The molecule has 0 saturated heterocycles. The smallest absolute Gasteiger partial charge is 0.258 e. The van der Waals surface area contributed by atoms with Crippen LogP contribution in [-0.2, 0) is 12.8 Å². The quantitative estimate of drug-likeness (QED) is 0.793. The molecule has 0 N–H and O–H groups in total. The average molecular weight is 304 g/mol. The van der Waals surface area contributed by atoms with E-state index >= 15 is 0 Å². The van der Waals surface area contributed by atoms with Crippen molar-refractivity contribution in [3.8, 4) is 0 Å². The second-order valence-electron chi connectivity index (χ2n) is 6.35. The molecule has 2 aromatic carbocycles. The molecule has 0 atom stereocenters.